The Bertz CT molecular complexity index is 715. The summed E-state index contributed by atoms with van der Waals surface area (Å²) < 4.78 is 0. The molecule has 4 nitrogen and oxygen atoms in total. The first-order chi connectivity index (χ1) is 9.86. The third-order valence-electron chi connectivity index (χ3n) is 2.97. The summed E-state index contributed by atoms with van der Waals surface area (Å²) in [4.78, 5) is 12.8. The molecule has 0 aliphatic carbocycles. The van der Waals surface area contributed by atoms with Crippen LogP contribution in [0.25, 0.3) is 10.9 Å². The fourth-order valence-corrected chi connectivity index (χ4v) is 2.80. The molecule has 100 valence electrons. The van der Waals surface area contributed by atoms with Crippen LogP contribution < -0.4 is 5.32 Å². The van der Waals surface area contributed by atoms with Crippen LogP contribution in [-0.2, 0) is 5.75 Å². The summed E-state index contributed by atoms with van der Waals surface area (Å²) in [7, 11) is 1.90. The Balaban J connectivity index is 1.90. The molecule has 0 unspecified atom stereocenters. The maximum absolute atomic E-state index is 4.65. The van der Waals surface area contributed by atoms with Gasteiger partial charge in [-0.25, -0.2) is 15.0 Å². The van der Waals surface area contributed by atoms with Gasteiger partial charge in [0.2, 0.25) is 0 Å². The first-order valence-corrected chi connectivity index (χ1v) is 7.30. The smallest absolute Gasteiger partial charge is 0.130 e. The van der Waals surface area contributed by atoms with Crippen LogP contribution in [0.15, 0.2) is 53.9 Å². The van der Waals surface area contributed by atoms with Crippen molar-refractivity contribution in [3.63, 3.8) is 0 Å². The van der Waals surface area contributed by atoms with Gasteiger partial charge in [-0.1, -0.05) is 18.2 Å². The summed E-state index contributed by atoms with van der Waals surface area (Å²) in [6.45, 7) is 0. The zero-order valence-corrected chi connectivity index (χ0v) is 11.9. The number of pyridine rings is 1. The van der Waals surface area contributed by atoms with Crippen LogP contribution in [0.2, 0.25) is 0 Å². The fourth-order valence-electron chi connectivity index (χ4n) is 2.00. The molecule has 0 amide bonds. The Morgan fingerprint density at radius 3 is 2.90 bits per heavy atom. The average Bonchev–Trinajstić information content (AvgIpc) is 2.53. The van der Waals surface area contributed by atoms with Crippen molar-refractivity contribution in [3.8, 4) is 0 Å². The van der Waals surface area contributed by atoms with Gasteiger partial charge in [-0.3, -0.25) is 0 Å². The molecule has 1 aromatic carbocycles. The van der Waals surface area contributed by atoms with Gasteiger partial charge in [0.05, 0.1) is 10.5 Å². The summed E-state index contributed by atoms with van der Waals surface area (Å²) in [5.41, 5.74) is 2.18. The molecule has 2 heterocycles. The maximum Gasteiger partial charge on any atom is 0.130 e. The minimum atomic E-state index is 0.824. The molecule has 0 bridgehead atoms. The van der Waals surface area contributed by atoms with E-state index in [1.54, 1.807) is 24.3 Å². The molecule has 0 fully saturated rings. The number of benzene rings is 1. The molecule has 0 aliphatic rings. The average molecular weight is 282 g/mol. The van der Waals surface area contributed by atoms with Gasteiger partial charge in [0, 0.05) is 29.9 Å². The summed E-state index contributed by atoms with van der Waals surface area (Å²) >= 11 is 1.68. The predicted molar refractivity (Wildman–Crippen MR) is 82.9 cm³/mol. The van der Waals surface area contributed by atoms with Crippen molar-refractivity contribution in [1.82, 2.24) is 15.0 Å². The van der Waals surface area contributed by atoms with Crippen molar-refractivity contribution in [3.05, 3.63) is 54.5 Å². The zero-order valence-electron chi connectivity index (χ0n) is 11.1. The van der Waals surface area contributed by atoms with Crippen molar-refractivity contribution in [2.45, 2.75) is 10.8 Å². The highest BCUT2D eigenvalue weighted by molar-refractivity contribution is 7.98. The second-order valence-corrected chi connectivity index (χ2v) is 5.27. The van der Waals surface area contributed by atoms with E-state index in [-0.39, 0.29) is 0 Å². The highest BCUT2D eigenvalue weighted by atomic mass is 32.2. The third kappa shape index (κ3) is 2.72. The van der Waals surface area contributed by atoms with E-state index in [0.29, 0.717) is 0 Å². The largest absolute Gasteiger partial charge is 0.373 e. The SMILES string of the molecule is CNc1nc2ccccc2cc1CSc1ccncn1. The van der Waals surface area contributed by atoms with E-state index in [0.717, 1.165) is 27.5 Å². The second kappa shape index (κ2) is 5.88. The Hall–Kier alpha value is -2.14. The number of thioether (sulfide) groups is 1. The van der Waals surface area contributed by atoms with Gasteiger partial charge in [-0.05, 0) is 18.2 Å². The third-order valence-corrected chi connectivity index (χ3v) is 3.96. The van der Waals surface area contributed by atoms with E-state index in [9.17, 15) is 0 Å². The molecule has 0 atom stereocenters. The predicted octanol–water partition coefficient (Wildman–Crippen LogP) is 3.36. The van der Waals surface area contributed by atoms with E-state index in [1.165, 1.54) is 5.56 Å². The van der Waals surface area contributed by atoms with Crippen molar-refractivity contribution >= 4 is 28.5 Å². The topological polar surface area (TPSA) is 50.7 Å². The van der Waals surface area contributed by atoms with Gasteiger partial charge in [-0.15, -0.1) is 11.8 Å². The summed E-state index contributed by atoms with van der Waals surface area (Å²) in [6.07, 6.45) is 3.33. The number of nitrogens with zero attached hydrogens (tertiary/aromatic N) is 3. The lowest BCUT2D eigenvalue weighted by atomic mass is 10.1. The molecule has 3 aromatic rings. The van der Waals surface area contributed by atoms with Gasteiger partial charge in [0.15, 0.2) is 0 Å². The molecule has 0 aliphatic heterocycles. The summed E-state index contributed by atoms with van der Waals surface area (Å²) in [6, 6.07) is 12.2. The number of fused-ring (bicyclic) bond motifs is 1. The van der Waals surface area contributed by atoms with Crippen LogP contribution >= 0.6 is 11.8 Å². The van der Waals surface area contributed by atoms with E-state index in [4.69, 9.17) is 0 Å². The van der Waals surface area contributed by atoms with Crippen molar-refractivity contribution in [2.24, 2.45) is 0 Å². The number of hydrogen-bond acceptors (Lipinski definition) is 5. The lowest BCUT2D eigenvalue weighted by Gasteiger charge is -2.09. The second-order valence-electron chi connectivity index (χ2n) is 4.28. The van der Waals surface area contributed by atoms with E-state index in [1.807, 2.05) is 31.3 Å². The van der Waals surface area contributed by atoms with Gasteiger partial charge >= 0.3 is 0 Å². The molecule has 1 N–H and O–H groups in total. The Labute approximate surface area is 121 Å². The first-order valence-electron chi connectivity index (χ1n) is 6.32. The normalized spacial score (nSPS) is 10.7. The lowest BCUT2D eigenvalue weighted by Crippen LogP contribution is -1.98. The number of aromatic nitrogens is 3. The highest BCUT2D eigenvalue weighted by Crippen LogP contribution is 2.26. The standard InChI is InChI=1S/C15H14N4S/c1-16-15-12(9-20-14-6-7-17-10-18-14)8-11-4-2-3-5-13(11)19-15/h2-8,10H,9H2,1H3,(H,16,19). The molecule has 0 saturated heterocycles. The maximum atomic E-state index is 4.65. The van der Waals surface area contributed by atoms with Crippen LogP contribution in [0.3, 0.4) is 0 Å². The molecule has 0 saturated carbocycles. The van der Waals surface area contributed by atoms with E-state index >= 15 is 0 Å². The van der Waals surface area contributed by atoms with E-state index < -0.39 is 0 Å². The number of anilines is 1. The molecule has 0 radical (unpaired) electrons. The van der Waals surface area contributed by atoms with Gasteiger partial charge in [-0.2, -0.15) is 0 Å². The Morgan fingerprint density at radius 2 is 2.10 bits per heavy atom. The minimum Gasteiger partial charge on any atom is -0.373 e. The number of rotatable bonds is 4. The van der Waals surface area contributed by atoms with Gasteiger partial charge in [0.1, 0.15) is 12.1 Å². The van der Waals surface area contributed by atoms with Crippen molar-refractivity contribution < 1.29 is 0 Å². The molecule has 3 rings (SSSR count). The zero-order chi connectivity index (χ0) is 13.8. The van der Waals surface area contributed by atoms with Crippen LogP contribution in [0.4, 0.5) is 5.82 Å². The number of nitrogens with one attached hydrogen (secondary N) is 1. The minimum absolute atomic E-state index is 0.824. The molecule has 0 spiro atoms. The van der Waals surface area contributed by atoms with Crippen molar-refractivity contribution in [2.75, 3.05) is 12.4 Å². The first kappa shape index (κ1) is 12.9. The monoisotopic (exact) mass is 282 g/mol. The van der Waals surface area contributed by atoms with Gasteiger partial charge < -0.3 is 5.32 Å². The molecular formula is C15H14N4S. The molecule has 5 heteroatoms. The number of para-hydroxylation sites is 1. The summed E-state index contributed by atoms with van der Waals surface area (Å²) in [5, 5.41) is 5.29. The quantitative estimate of drug-likeness (QED) is 0.587. The Kier molecular flexibility index (Phi) is 3.78. The fraction of sp³-hybridized carbons (Fsp3) is 0.133. The van der Waals surface area contributed by atoms with Crippen molar-refractivity contribution in [1.29, 1.82) is 0 Å². The summed E-state index contributed by atoms with van der Waals surface area (Å²) in [5.74, 6) is 1.75. The van der Waals surface area contributed by atoms with Crippen LogP contribution in [0, 0.1) is 0 Å². The van der Waals surface area contributed by atoms with Crippen LogP contribution in [-0.4, -0.2) is 22.0 Å². The number of hydrogen-bond donors (Lipinski definition) is 1. The lowest BCUT2D eigenvalue weighted by molar-refractivity contribution is 1.05. The molecular weight excluding hydrogens is 268 g/mol. The van der Waals surface area contributed by atoms with Gasteiger partial charge in [0.25, 0.3) is 0 Å². The Morgan fingerprint density at radius 1 is 1.20 bits per heavy atom. The van der Waals surface area contributed by atoms with E-state index in [2.05, 4.69) is 32.4 Å². The molecule has 2 aromatic heterocycles. The highest BCUT2D eigenvalue weighted by Gasteiger charge is 2.06. The van der Waals surface area contributed by atoms with Crippen LogP contribution in [0.5, 0.6) is 0 Å². The molecule has 20 heavy (non-hydrogen) atoms. The van der Waals surface area contributed by atoms with Crippen LogP contribution in [0.1, 0.15) is 5.56 Å².